The maximum absolute atomic E-state index is 13.2. The fourth-order valence-corrected chi connectivity index (χ4v) is 7.54. The average molecular weight is 662 g/mol. The summed E-state index contributed by atoms with van der Waals surface area (Å²) in [6.45, 7) is 1.46. The van der Waals surface area contributed by atoms with Gasteiger partial charge in [0, 0.05) is 43.3 Å². The van der Waals surface area contributed by atoms with Gasteiger partial charge in [0.1, 0.15) is 11.9 Å². The molecule has 2 aliphatic rings. The third-order valence-corrected chi connectivity index (χ3v) is 10.5. The number of hydrogen-bond acceptors (Lipinski definition) is 9. The average Bonchev–Trinajstić information content (AvgIpc) is 3.47. The number of ether oxygens (including phenoxy) is 1. The summed E-state index contributed by atoms with van der Waals surface area (Å²) >= 11 is 0. The van der Waals surface area contributed by atoms with E-state index in [1.165, 1.54) is 54.0 Å². The summed E-state index contributed by atoms with van der Waals surface area (Å²) in [7, 11) is -3.86. The molecule has 0 bridgehead atoms. The van der Waals surface area contributed by atoms with Crippen LogP contribution in [-0.2, 0) is 23.0 Å². The first kappa shape index (κ1) is 32.9. The number of fused-ring (bicyclic) bond motifs is 1. The van der Waals surface area contributed by atoms with Crippen LogP contribution in [0.3, 0.4) is 0 Å². The molecule has 6 rings (SSSR count). The highest BCUT2D eigenvalue weighted by atomic mass is 32.2. The van der Waals surface area contributed by atoms with Crippen LogP contribution in [0.1, 0.15) is 75.0 Å². The number of hydrogen-bond donors (Lipinski definition) is 3. The first-order chi connectivity index (χ1) is 22.9. The normalized spacial score (nSPS) is 17.5. The Morgan fingerprint density at radius 3 is 2.62 bits per heavy atom. The molecule has 12 nitrogen and oxygen atoms in total. The van der Waals surface area contributed by atoms with Crippen LogP contribution < -0.4 is 20.5 Å². The lowest BCUT2D eigenvalue weighted by Crippen LogP contribution is -2.36. The Hall–Kier alpha value is -4.07. The molecule has 0 spiro atoms. The summed E-state index contributed by atoms with van der Waals surface area (Å²) in [5, 5.41) is 21.7. The Morgan fingerprint density at radius 1 is 1.00 bits per heavy atom. The number of aromatic nitrogens is 5. The minimum atomic E-state index is -3.86. The number of unbranched alkanes of at least 4 members (excludes halogenated alkanes) is 1. The summed E-state index contributed by atoms with van der Waals surface area (Å²) in [4.78, 5) is 17.1. The van der Waals surface area contributed by atoms with Gasteiger partial charge in [-0.05, 0) is 89.7 Å². The van der Waals surface area contributed by atoms with Gasteiger partial charge in [-0.2, -0.15) is 9.36 Å². The number of aliphatic hydroxyl groups excluding tert-OH is 1. The molecule has 0 saturated heterocycles. The van der Waals surface area contributed by atoms with Gasteiger partial charge in [-0.25, -0.2) is 13.2 Å². The predicted molar refractivity (Wildman–Crippen MR) is 178 cm³/mol. The predicted octanol–water partition coefficient (Wildman–Crippen LogP) is 4.39. The van der Waals surface area contributed by atoms with Gasteiger partial charge in [0.2, 0.25) is 0 Å². The Bertz CT molecular complexity index is 1770. The number of nitrogens with zero attached hydrogens (tertiary/aromatic N) is 5. The minimum Gasteiger partial charge on any atom is -0.489 e. The molecule has 1 aliphatic carbocycles. The number of anilines is 1. The van der Waals surface area contributed by atoms with Crippen LogP contribution >= 0.6 is 0 Å². The van der Waals surface area contributed by atoms with Crippen molar-refractivity contribution in [2.75, 3.05) is 17.8 Å². The van der Waals surface area contributed by atoms with Crippen LogP contribution in [-0.4, -0.2) is 57.5 Å². The third-order valence-electron chi connectivity index (χ3n) is 9.11. The Labute approximate surface area is 275 Å². The zero-order chi connectivity index (χ0) is 32.6. The van der Waals surface area contributed by atoms with Gasteiger partial charge in [0.15, 0.2) is 0 Å². The maximum atomic E-state index is 13.2. The van der Waals surface area contributed by atoms with Crippen molar-refractivity contribution in [3.05, 3.63) is 88.6 Å². The monoisotopic (exact) mass is 661 g/mol. The smallest absolute Gasteiger partial charge is 0.368 e. The molecule has 1 saturated carbocycles. The molecule has 3 N–H and O–H groups in total. The van der Waals surface area contributed by atoms with Crippen molar-refractivity contribution in [3.8, 4) is 11.4 Å². The summed E-state index contributed by atoms with van der Waals surface area (Å²) in [6, 6.07) is 15.0. The van der Waals surface area contributed by atoms with Crippen molar-refractivity contribution in [1.29, 1.82) is 0 Å². The molecule has 250 valence electrons. The highest BCUT2D eigenvalue weighted by Gasteiger charge is 2.23. The zero-order valence-electron chi connectivity index (χ0n) is 26.5. The summed E-state index contributed by atoms with van der Waals surface area (Å²) < 4.78 is 37.8. The Morgan fingerprint density at radius 2 is 1.83 bits per heavy atom. The largest absolute Gasteiger partial charge is 0.489 e. The van der Waals surface area contributed by atoms with Crippen molar-refractivity contribution in [3.63, 3.8) is 0 Å². The lowest BCUT2D eigenvalue weighted by molar-refractivity contribution is 0.146. The van der Waals surface area contributed by atoms with Gasteiger partial charge >= 0.3 is 5.69 Å². The van der Waals surface area contributed by atoms with Gasteiger partial charge in [0.05, 0.1) is 16.7 Å². The lowest BCUT2D eigenvalue weighted by atomic mass is 9.86. The first-order valence-corrected chi connectivity index (χ1v) is 18.1. The van der Waals surface area contributed by atoms with Gasteiger partial charge in [0.25, 0.3) is 10.0 Å². The van der Waals surface area contributed by atoms with E-state index in [-0.39, 0.29) is 16.7 Å². The highest BCUT2D eigenvalue weighted by molar-refractivity contribution is 7.92. The van der Waals surface area contributed by atoms with E-state index in [4.69, 9.17) is 4.74 Å². The van der Waals surface area contributed by atoms with Crippen LogP contribution in [0.5, 0.6) is 5.75 Å². The van der Waals surface area contributed by atoms with E-state index in [0.29, 0.717) is 49.6 Å². The second-order valence-electron chi connectivity index (χ2n) is 12.6. The molecule has 0 amide bonds. The number of aliphatic hydroxyl groups is 1. The molecule has 2 atom stereocenters. The molecule has 2 aromatic heterocycles. The van der Waals surface area contributed by atoms with E-state index in [9.17, 15) is 18.3 Å². The fourth-order valence-electron chi connectivity index (χ4n) is 6.44. The van der Waals surface area contributed by atoms with Crippen molar-refractivity contribution in [1.82, 2.24) is 30.1 Å². The second-order valence-corrected chi connectivity index (χ2v) is 14.2. The van der Waals surface area contributed by atoms with Crippen molar-refractivity contribution in [2.45, 2.75) is 87.9 Å². The fraction of sp³-hybridized carbons (Fsp3) is 0.471. The van der Waals surface area contributed by atoms with Crippen LogP contribution in [0.2, 0.25) is 0 Å². The second kappa shape index (κ2) is 15.2. The van der Waals surface area contributed by atoms with Crippen LogP contribution in [0, 0.1) is 5.92 Å². The molecule has 2 unspecified atom stereocenters. The number of rotatable bonds is 14. The molecule has 3 heterocycles. The third kappa shape index (κ3) is 8.45. The Balaban J connectivity index is 0.996. The molecule has 1 fully saturated rings. The zero-order valence-corrected chi connectivity index (χ0v) is 27.3. The number of aryl methyl sites for hydroxylation is 2. The number of nitrogens with one attached hydrogen (secondary N) is 2. The maximum Gasteiger partial charge on any atom is 0.368 e. The van der Waals surface area contributed by atoms with Crippen LogP contribution in [0.4, 0.5) is 5.69 Å². The molecular weight excluding hydrogens is 618 g/mol. The van der Waals surface area contributed by atoms with E-state index >= 15 is 0 Å². The van der Waals surface area contributed by atoms with Crippen LogP contribution in [0.25, 0.3) is 5.69 Å². The van der Waals surface area contributed by atoms with E-state index in [0.717, 1.165) is 29.9 Å². The number of tetrazole rings is 1. The summed E-state index contributed by atoms with van der Waals surface area (Å²) in [5.41, 5.74) is 2.13. The molecule has 1 aliphatic heterocycles. The number of sulfonamides is 1. The molecule has 0 radical (unpaired) electrons. The quantitative estimate of drug-likeness (QED) is 0.167. The minimum absolute atomic E-state index is 0.0944. The van der Waals surface area contributed by atoms with Gasteiger partial charge < -0.3 is 15.2 Å². The lowest BCUT2D eigenvalue weighted by Gasteiger charge is -2.27. The number of benzene rings is 2. The molecule has 4 aromatic rings. The van der Waals surface area contributed by atoms with E-state index in [2.05, 4.69) is 25.4 Å². The van der Waals surface area contributed by atoms with Crippen molar-refractivity contribution in [2.24, 2.45) is 5.92 Å². The van der Waals surface area contributed by atoms with Crippen molar-refractivity contribution < 1.29 is 18.3 Å². The molecule has 2 aromatic carbocycles. The van der Waals surface area contributed by atoms with Gasteiger partial charge in [-0.15, -0.1) is 0 Å². The van der Waals surface area contributed by atoms with E-state index in [1.54, 1.807) is 54.9 Å². The summed E-state index contributed by atoms with van der Waals surface area (Å²) in [6.07, 6.45) is 13.8. The molecular formula is C34H43N7O5S. The molecule has 47 heavy (non-hydrogen) atoms. The topological polar surface area (TPSA) is 153 Å². The van der Waals surface area contributed by atoms with E-state index < -0.39 is 16.1 Å². The van der Waals surface area contributed by atoms with Crippen LogP contribution in [0.15, 0.2) is 76.7 Å². The van der Waals surface area contributed by atoms with E-state index in [1.807, 2.05) is 6.07 Å². The van der Waals surface area contributed by atoms with Crippen molar-refractivity contribution >= 4 is 15.7 Å². The van der Waals surface area contributed by atoms with Gasteiger partial charge in [-0.3, -0.25) is 9.71 Å². The SMILES string of the molecule is O=c1n(CCCCC2CCCCC2)nnn1-c1ccc(NS(=O)(=O)c2ccc3c(c2)CCC(CNCC(O)c2cccnc2)O3)cc1. The first-order valence-electron chi connectivity index (χ1n) is 16.6. The molecule has 13 heteroatoms. The highest BCUT2D eigenvalue weighted by Crippen LogP contribution is 2.31. The standard InChI is InChI=1S/C34H43N7O5S/c42-32(27-10-6-19-35-22-27)24-36-23-30-16-11-26-21-31(17-18-33(26)46-30)47(44,45)37-28-12-14-29(15-13-28)41-34(43)40(38-39-41)20-5-4-9-25-7-2-1-3-8-25/h6,10,12-15,17-19,21-22,25,30,32,36-37,42H,1-5,7-9,11,16,20,23-24H2. The Kier molecular flexibility index (Phi) is 10.6. The number of pyridine rings is 1. The summed E-state index contributed by atoms with van der Waals surface area (Å²) in [5.74, 6) is 1.47. The van der Waals surface area contributed by atoms with Gasteiger partial charge in [-0.1, -0.05) is 51.0 Å².